The first-order valence-electron chi connectivity index (χ1n) is 6.72. The topological polar surface area (TPSA) is 90.1 Å². The number of nitrogens with one attached hydrogen (secondary N) is 1. The van der Waals surface area contributed by atoms with Crippen LogP contribution in [0.3, 0.4) is 0 Å². The van der Waals surface area contributed by atoms with E-state index in [2.05, 4.69) is 10.4 Å². The molecule has 7 nitrogen and oxygen atoms in total. The van der Waals surface area contributed by atoms with E-state index in [9.17, 15) is 14.9 Å². The Bertz CT molecular complexity index is 870. The average molecular weight is 328 g/mol. The molecule has 1 amide bonds. The highest BCUT2D eigenvalue weighted by Gasteiger charge is 2.17. The largest absolute Gasteiger partial charge is 0.324 e. The van der Waals surface area contributed by atoms with Gasteiger partial charge in [-0.1, -0.05) is 29.5 Å². The first-order valence-corrected chi connectivity index (χ1v) is 7.54. The van der Waals surface area contributed by atoms with E-state index in [1.165, 1.54) is 12.1 Å². The number of aromatic nitrogens is 2. The molecule has 0 fully saturated rings. The number of carbonyl (C=O) groups is 1. The van der Waals surface area contributed by atoms with Gasteiger partial charge in [0, 0.05) is 12.1 Å². The summed E-state index contributed by atoms with van der Waals surface area (Å²) in [4.78, 5) is 22.7. The molecule has 23 heavy (non-hydrogen) atoms. The summed E-state index contributed by atoms with van der Waals surface area (Å²) in [6, 6.07) is 13.9. The van der Waals surface area contributed by atoms with Crippen molar-refractivity contribution >= 4 is 28.1 Å². The van der Waals surface area contributed by atoms with Crippen molar-refractivity contribution in [2.45, 2.75) is 6.92 Å². The third-order valence-corrected chi connectivity index (χ3v) is 4.11. The predicted octanol–water partition coefficient (Wildman–Crippen LogP) is 3.40. The van der Waals surface area contributed by atoms with Crippen molar-refractivity contribution in [1.82, 2.24) is 9.78 Å². The highest BCUT2D eigenvalue weighted by atomic mass is 32.1. The summed E-state index contributed by atoms with van der Waals surface area (Å²) in [6.45, 7) is 1.82. The standard InChI is InChI=1S/C15H12N4O3S/c1-10-9-13(18(17-10)11-5-3-2-4-6-11)16-15(20)12-7-8-14(23-12)19(21)22/h2-9H,1H3,(H,16,20). The van der Waals surface area contributed by atoms with E-state index in [-0.39, 0.29) is 9.88 Å². The Hall–Kier alpha value is -3.00. The van der Waals surface area contributed by atoms with E-state index in [0.717, 1.165) is 22.7 Å². The van der Waals surface area contributed by atoms with E-state index in [4.69, 9.17) is 0 Å². The minimum absolute atomic E-state index is 0.0668. The molecule has 0 aliphatic rings. The number of anilines is 1. The zero-order valence-electron chi connectivity index (χ0n) is 12.1. The van der Waals surface area contributed by atoms with Crippen LogP contribution in [0.5, 0.6) is 0 Å². The van der Waals surface area contributed by atoms with Crippen molar-refractivity contribution in [3.63, 3.8) is 0 Å². The fraction of sp³-hybridized carbons (Fsp3) is 0.0667. The van der Waals surface area contributed by atoms with Crippen molar-refractivity contribution < 1.29 is 9.72 Å². The summed E-state index contributed by atoms with van der Waals surface area (Å²) in [5.41, 5.74) is 1.56. The fourth-order valence-corrected chi connectivity index (χ4v) is 2.80. The maximum atomic E-state index is 12.3. The Morgan fingerprint density at radius 1 is 1.26 bits per heavy atom. The van der Waals surface area contributed by atoms with Gasteiger partial charge in [0.2, 0.25) is 0 Å². The molecule has 8 heteroatoms. The van der Waals surface area contributed by atoms with Gasteiger partial charge in [-0.15, -0.1) is 0 Å². The first kappa shape index (κ1) is 14.9. The minimum Gasteiger partial charge on any atom is -0.306 e. The monoisotopic (exact) mass is 328 g/mol. The Kier molecular flexibility index (Phi) is 3.90. The Labute approximate surface area is 135 Å². The zero-order chi connectivity index (χ0) is 16.4. The van der Waals surface area contributed by atoms with E-state index < -0.39 is 10.8 Å². The number of para-hydroxylation sites is 1. The van der Waals surface area contributed by atoms with Gasteiger partial charge in [-0.3, -0.25) is 14.9 Å². The van der Waals surface area contributed by atoms with Crippen LogP contribution in [-0.2, 0) is 0 Å². The Balaban J connectivity index is 1.88. The second kappa shape index (κ2) is 6.01. The van der Waals surface area contributed by atoms with Crippen LogP contribution in [0.2, 0.25) is 0 Å². The number of nitro groups is 1. The van der Waals surface area contributed by atoms with Crippen LogP contribution in [0, 0.1) is 17.0 Å². The molecule has 0 aliphatic carbocycles. The molecule has 0 unspecified atom stereocenters. The summed E-state index contributed by atoms with van der Waals surface area (Å²) < 4.78 is 1.62. The molecule has 2 heterocycles. The maximum absolute atomic E-state index is 12.3. The number of thiophene rings is 1. The van der Waals surface area contributed by atoms with Gasteiger partial charge in [0.1, 0.15) is 5.82 Å². The normalized spacial score (nSPS) is 10.5. The van der Waals surface area contributed by atoms with Crippen molar-refractivity contribution in [2.24, 2.45) is 0 Å². The molecule has 0 spiro atoms. The van der Waals surface area contributed by atoms with Crippen LogP contribution in [0.25, 0.3) is 5.69 Å². The summed E-state index contributed by atoms with van der Waals surface area (Å²) in [6.07, 6.45) is 0. The van der Waals surface area contributed by atoms with Gasteiger partial charge in [0.15, 0.2) is 0 Å². The number of carbonyl (C=O) groups excluding carboxylic acids is 1. The minimum atomic E-state index is -0.514. The molecule has 0 saturated carbocycles. The second-order valence-corrected chi connectivity index (χ2v) is 5.83. The van der Waals surface area contributed by atoms with E-state index in [0.29, 0.717) is 5.82 Å². The molecule has 0 atom stereocenters. The van der Waals surface area contributed by atoms with Gasteiger partial charge in [0.05, 0.1) is 21.2 Å². The zero-order valence-corrected chi connectivity index (χ0v) is 12.9. The molecule has 116 valence electrons. The number of hydrogen-bond donors (Lipinski definition) is 1. The van der Waals surface area contributed by atoms with Crippen molar-refractivity contribution in [2.75, 3.05) is 5.32 Å². The highest BCUT2D eigenvalue weighted by molar-refractivity contribution is 7.17. The molecule has 2 aromatic heterocycles. The van der Waals surface area contributed by atoms with Crippen molar-refractivity contribution in [1.29, 1.82) is 0 Å². The van der Waals surface area contributed by atoms with Gasteiger partial charge in [-0.2, -0.15) is 5.10 Å². The van der Waals surface area contributed by atoms with Crippen LogP contribution in [0.1, 0.15) is 15.4 Å². The van der Waals surface area contributed by atoms with Gasteiger partial charge in [-0.05, 0) is 25.1 Å². The Morgan fingerprint density at radius 3 is 2.65 bits per heavy atom. The summed E-state index contributed by atoms with van der Waals surface area (Å²) in [7, 11) is 0. The molecule has 1 aromatic carbocycles. The van der Waals surface area contributed by atoms with Gasteiger partial charge in [-0.25, -0.2) is 4.68 Å². The lowest BCUT2D eigenvalue weighted by atomic mass is 10.3. The van der Waals surface area contributed by atoms with E-state index in [1.54, 1.807) is 10.7 Å². The molecule has 0 saturated heterocycles. The summed E-state index contributed by atoms with van der Waals surface area (Å²) >= 11 is 0.836. The quantitative estimate of drug-likeness (QED) is 0.587. The van der Waals surface area contributed by atoms with Crippen molar-refractivity contribution in [3.8, 4) is 5.69 Å². The molecule has 3 aromatic rings. The summed E-state index contributed by atoms with van der Waals surface area (Å²) in [5, 5.41) is 17.7. The van der Waals surface area contributed by atoms with Gasteiger partial charge >= 0.3 is 5.00 Å². The van der Waals surface area contributed by atoms with Crippen LogP contribution in [0.15, 0.2) is 48.5 Å². The lowest BCUT2D eigenvalue weighted by Gasteiger charge is -2.07. The molecule has 0 bridgehead atoms. The summed E-state index contributed by atoms with van der Waals surface area (Å²) in [5.74, 6) is 0.106. The number of rotatable bonds is 4. The maximum Gasteiger partial charge on any atom is 0.324 e. The lowest BCUT2D eigenvalue weighted by Crippen LogP contribution is -2.13. The number of aryl methyl sites for hydroxylation is 1. The Morgan fingerprint density at radius 2 is 2.00 bits per heavy atom. The third-order valence-electron chi connectivity index (χ3n) is 3.07. The molecular formula is C15H12N4O3S. The molecule has 3 rings (SSSR count). The molecule has 0 aliphatic heterocycles. The highest BCUT2D eigenvalue weighted by Crippen LogP contribution is 2.25. The van der Waals surface area contributed by atoms with E-state index in [1.807, 2.05) is 37.3 Å². The molecule has 1 N–H and O–H groups in total. The van der Waals surface area contributed by atoms with Crippen LogP contribution >= 0.6 is 11.3 Å². The van der Waals surface area contributed by atoms with Gasteiger partial charge < -0.3 is 5.32 Å². The number of hydrogen-bond acceptors (Lipinski definition) is 5. The fourth-order valence-electron chi connectivity index (χ4n) is 2.08. The number of nitrogens with zero attached hydrogens (tertiary/aromatic N) is 3. The smallest absolute Gasteiger partial charge is 0.306 e. The van der Waals surface area contributed by atoms with Crippen molar-refractivity contribution in [3.05, 3.63) is 69.2 Å². The predicted molar refractivity (Wildman–Crippen MR) is 87.2 cm³/mol. The first-order chi connectivity index (χ1) is 11.0. The molecular weight excluding hydrogens is 316 g/mol. The van der Waals surface area contributed by atoms with E-state index >= 15 is 0 Å². The number of benzene rings is 1. The van der Waals surface area contributed by atoms with Gasteiger partial charge in [0.25, 0.3) is 5.91 Å². The average Bonchev–Trinajstić information content (AvgIpc) is 3.15. The lowest BCUT2D eigenvalue weighted by molar-refractivity contribution is -0.380. The van der Waals surface area contributed by atoms with Crippen LogP contribution < -0.4 is 5.32 Å². The van der Waals surface area contributed by atoms with Crippen LogP contribution in [0.4, 0.5) is 10.8 Å². The number of amides is 1. The second-order valence-electron chi connectivity index (χ2n) is 4.77. The van der Waals surface area contributed by atoms with Crippen LogP contribution in [-0.4, -0.2) is 20.6 Å². The molecule has 0 radical (unpaired) electrons. The SMILES string of the molecule is Cc1cc(NC(=O)c2ccc([N+](=O)[O-])s2)n(-c2ccccc2)n1. The third kappa shape index (κ3) is 3.11.